The number of ether oxygens (including phenoxy) is 1. The normalized spacial score (nSPS) is 14.0. The number of nitrogens with two attached hydrogens (primary N) is 1. The molecule has 9 heteroatoms. The van der Waals surface area contributed by atoms with Gasteiger partial charge in [0.1, 0.15) is 5.84 Å². The number of nitrogens with zero attached hydrogens (tertiary/aromatic N) is 3. The Balaban J connectivity index is 0.00000300. The molecule has 0 radical (unpaired) electrons. The summed E-state index contributed by atoms with van der Waals surface area (Å²) < 4.78 is 4.71. The summed E-state index contributed by atoms with van der Waals surface area (Å²) in [6.07, 6.45) is 5.03. The fourth-order valence-corrected chi connectivity index (χ4v) is 3.23. The molecule has 0 aliphatic carbocycles. The van der Waals surface area contributed by atoms with Gasteiger partial charge in [0.2, 0.25) is 0 Å². The molecule has 0 atom stereocenters. The number of nitrogens with one attached hydrogen (secondary N) is 1. The Bertz CT molecular complexity index is 863. The molecule has 0 bridgehead atoms. The zero-order valence-electron chi connectivity index (χ0n) is 16.1. The van der Waals surface area contributed by atoms with Gasteiger partial charge in [-0.3, -0.25) is 15.0 Å². The monoisotopic (exact) mass is 417 g/mol. The first kappa shape index (κ1) is 22.3. The van der Waals surface area contributed by atoms with E-state index >= 15 is 0 Å². The van der Waals surface area contributed by atoms with Gasteiger partial charge in [-0.05, 0) is 18.8 Å². The number of hydrogen-bond donors (Lipinski definition) is 2. The number of aromatic nitrogens is 2. The molecule has 1 fully saturated rings. The van der Waals surface area contributed by atoms with Gasteiger partial charge >= 0.3 is 5.97 Å². The number of halogens is 1. The van der Waals surface area contributed by atoms with Crippen molar-refractivity contribution in [1.82, 2.24) is 14.9 Å². The van der Waals surface area contributed by atoms with Crippen LogP contribution in [0.15, 0.2) is 36.7 Å². The Hall–Kier alpha value is -3.00. The highest BCUT2D eigenvalue weighted by Gasteiger charge is 2.25. The molecular formula is C20H24ClN5O3. The fourth-order valence-electron chi connectivity index (χ4n) is 3.23. The molecule has 2 heterocycles. The molecule has 3 N–H and O–H groups in total. The van der Waals surface area contributed by atoms with E-state index in [-0.39, 0.29) is 36.0 Å². The van der Waals surface area contributed by atoms with Crippen LogP contribution in [-0.4, -0.2) is 52.8 Å². The van der Waals surface area contributed by atoms with Crippen molar-refractivity contribution in [2.75, 3.05) is 20.2 Å². The predicted octanol–water partition coefficient (Wildman–Crippen LogP) is 2.26. The number of amides is 1. The molecule has 0 spiro atoms. The van der Waals surface area contributed by atoms with Gasteiger partial charge in [0.25, 0.3) is 5.91 Å². The Kier molecular flexibility index (Phi) is 7.67. The van der Waals surface area contributed by atoms with Crippen LogP contribution in [0, 0.1) is 11.3 Å². The number of benzene rings is 1. The third-order valence-electron chi connectivity index (χ3n) is 4.94. The van der Waals surface area contributed by atoms with Crippen LogP contribution >= 0.6 is 12.4 Å². The Morgan fingerprint density at radius 1 is 1.14 bits per heavy atom. The van der Waals surface area contributed by atoms with E-state index in [1.165, 1.54) is 19.5 Å². The molecule has 0 saturated carbocycles. The Labute approximate surface area is 175 Å². The average Bonchev–Trinajstić information content (AvgIpc) is 2.74. The number of rotatable bonds is 5. The highest BCUT2D eigenvalue weighted by Crippen LogP contribution is 2.22. The summed E-state index contributed by atoms with van der Waals surface area (Å²) in [4.78, 5) is 34.4. The number of nitrogen functional groups attached to an aromatic ring is 1. The number of piperidine rings is 1. The van der Waals surface area contributed by atoms with Crippen LogP contribution in [0.2, 0.25) is 0 Å². The quantitative estimate of drug-likeness (QED) is 0.437. The van der Waals surface area contributed by atoms with Crippen molar-refractivity contribution < 1.29 is 14.3 Å². The maximum atomic E-state index is 12.7. The fraction of sp³-hybridized carbons (Fsp3) is 0.350. The highest BCUT2D eigenvalue weighted by atomic mass is 35.5. The first-order valence-electron chi connectivity index (χ1n) is 9.11. The number of likely N-dealkylation sites (tertiary alicyclic amines) is 1. The molecule has 8 nitrogen and oxygen atoms in total. The lowest BCUT2D eigenvalue weighted by Crippen LogP contribution is -2.39. The lowest BCUT2D eigenvalue weighted by molar-refractivity contribution is -0.142. The van der Waals surface area contributed by atoms with Crippen LogP contribution in [0.3, 0.4) is 0 Å². The second-order valence-corrected chi connectivity index (χ2v) is 6.80. The van der Waals surface area contributed by atoms with Crippen LogP contribution in [0.5, 0.6) is 0 Å². The molecule has 1 saturated heterocycles. The van der Waals surface area contributed by atoms with Crippen molar-refractivity contribution in [3.63, 3.8) is 0 Å². The molecule has 3 rings (SSSR count). The van der Waals surface area contributed by atoms with Crippen LogP contribution in [0.4, 0.5) is 0 Å². The summed E-state index contributed by atoms with van der Waals surface area (Å²) in [6.45, 7) is 1.21. The zero-order valence-corrected chi connectivity index (χ0v) is 16.9. The zero-order chi connectivity index (χ0) is 20.1. The molecule has 1 aromatic carbocycles. The summed E-state index contributed by atoms with van der Waals surface area (Å²) in [5.74, 6) is 0.459. The van der Waals surface area contributed by atoms with E-state index in [0.717, 1.165) is 18.4 Å². The summed E-state index contributed by atoms with van der Waals surface area (Å²) in [5, 5.41) is 7.42. The number of amidine groups is 1. The molecule has 1 amide bonds. The van der Waals surface area contributed by atoms with Gasteiger partial charge in [0.05, 0.1) is 12.7 Å². The maximum absolute atomic E-state index is 12.7. The van der Waals surface area contributed by atoms with Gasteiger partial charge < -0.3 is 15.4 Å². The average molecular weight is 418 g/mol. The second-order valence-electron chi connectivity index (χ2n) is 6.80. The largest absolute Gasteiger partial charge is 0.469 e. The van der Waals surface area contributed by atoms with Gasteiger partial charge in [-0.2, -0.15) is 0 Å². The van der Waals surface area contributed by atoms with Crippen molar-refractivity contribution in [2.24, 2.45) is 11.7 Å². The molecule has 1 aliphatic rings. The van der Waals surface area contributed by atoms with Crippen molar-refractivity contribution in [1.29, 1.82) is 5.41 Å². The summed E-state index contributed by atoms with van der Waals surface area (Å²) >= 11 is 0. The standard InChI is InChI=1S/C20H23N5O3.ClH/c1-28-17(26)10-13-6-8-25(9-7-13)20(27)16-11-23-19(24-12-16)15-4-2-14(3-5-15)18(21)22;/h2-5,11-13H,6-10H2,1H3,(H3,21,22);1H. The topological polar surface area (TPSA) is 122 Å². The highest BCUT2D eigenvalue weighted by molar-refractivity contribution is 5.95. The SMILES string of the molecule is COC(=O)CC1CCN(C(=O)c2cnc(-c3ccc(C(=N)N)cc3)nc2)CC1.Cl. The van der Waals surface area contributed by atoms with Crippen LogP contribution in [-0.2, 0) is 9.53 Å². The van der Waals surface area contributed by atoms with Gasteiger partial charge in [-0.25, -0.2) is 9.97 Å². The van der Waals surface area contributed by atoms with Gasteiger partial charge in [-0.15, -0.1) is 12.4 Å². The Morgan fingerprint density at radius 2 is 1.72 bits per heavy atom. The smallest absolute Gasteiger partial charge is 0.305 e. The maximum Gasteiger partial charge on any atom is 0.305 e. The third-order valence-corrected chi connectivity index (χ3v) is 4.94. The number of carbonyl (C=O) groups is 2. The molecule has 1 aliphatic heterocycles. The summed E-state index contributed by atoms with van der Waals surface area (Å²) in [7, 11) is 1.39. The van der Waals surface area contributed by atoms with E-state index in [9.17, 15) is 9.59 Å². The van der Waals surface area contributed by atoms with Gasteiger partial charge in [0.15, 0.2) is 5.82 Å². The molecule has 29 heavy (non-hydrogen) atoms. The van der Waals surface area contributed by atoms with E-state index in [1.54, 1.807) is 29.2 Å². The van der Waals surface area contributed by atoms with Crippen molar-refractivity contribution in [3.05, 3.63) is 47.8 Å². The second kappa shape index (κ2) is 9.97. The number of carbonyl (C=O) groups excluding carboxylic acids is 2. The van der Waals surface area contributed by atoms with Gasteiger partial charge in [-0.1, -0.05) is 24.3 Å². The summed E-state index contributed by atoms with van der Waals surface area (Å²) in [5.41, 5.74) is 7.31. The number of hydrogen-bond acceptors (Lipinski definition) is 6. The lowest BCUT2D eigenvalue weighted by atomic mass is 9.93. The first-order chi connectivity index (χ1) is 13.5. The molecule has 0 unspecified atom stereocenters. The number of esters is 1. The van der Waals surface area contributed by atoms with E-state index in [2.05, 4.69) is 9.97 Å². The van der Waals surface area contributed by atoms with Gasteiger partial charge in [0, 0.05) is 43.0 Å². The predicted molar refractivity (Wildman–Crippen MR) is 111 cm³/mol. The van der Waals surface area contributed by atoms with Crippen LogP contribution < -0.4 is 5.73 Å². The minimum Gasteiger partial charge on any atom is -0.469 e. The van der Waals surface area contributed by atoms with Crippen molar-refractivity contribution >= 4 is 30.1 Å². The number of methoxy groups -OCH3 is 1. The minimum absolute atomic E-state index is 0. The van der Waals surface area contributed by atoms with E-state index in [0.29, 0.717) is 36.5 Å². The molecule has 1 aromatic heterocycles. The molecular weight excluding hydrogens is 394 g/mol. The Morgan fingerprint density at radius 3 is 2.24 bits per heavy atom. The summed E-state index contributed by atoms with van der Waals surface area (Å²) in [6, 6.07) is 7.05. The van der Waals surface area contributed by atoms with Crippen molar-refractivity contribution in [3.8, 4) is 11.4 Å². The van der Waals surface area contributed by atoms with E-state index < -0.39 is 0 Å². The molecule has 154 valence electrons. The van der Waals surface area contributed by atoms with Crippen LogP contribution in [0.1, 0.15) is 35.2 Å². The first-order valence-corrected chi connectivity index (χ1v) is 9.11. The lowest BCUT2D eigenvalue weighted by Gasteiger charge is -2.31. The van der Waals surface area contributed by atoms with Crippen LogP contribution in [0.25, 0.3) is 11.4 Å². The third kappa shape index (κ3) is 5.51. The van der Waals surface area contributed by atoms with Crippen molar-refractivity contribution in [2.45, 2.75) is 19.3 Å². The molecule has 2 aromatic rings. The minimum atomic E-state index is -0.204. The van der Waals surface area contributed by atoms with E-state index in [1.807, 2.05) is 0 Å². The van der Waals surface area contributed by atoms with E-state index in [4.69, 9.17) is 15.9 Å².